The highest BCUT2D eigenvalue weighted by Crippen LogP contribution is 2.48. The quantitative estimate of drug-likeness (QED) is 0.0763. The minimum atomic E-state index is -4.15. The highest BCUT2D eigenvalue weighted by Gasteiger charge is 2.45. The van der Waals surface area contributed by atoms with Crippen LogP contribution in [0.15, 0.2) is 120 Å². The fourth-order valence-corrected chi connectivity index (χ4v) is 8.76. The molecule has 0 unspecified atom stereocenters. The van der Waals surface area contributed by atoms with Crippen LogP contribution in [-0.2, 0) is 25.7 Å². The zero-order valence-electron chi connectivity index (χ0n) is 33.8. The van der Waals surface area contributed by atoms with E-state index in [0.717, 1.165) is 65.4 Å². The van der Waals surface area contributed by atoms with Crippen LogP contribution < -0.4 is 15.0 Å². The Kier molecular flexibility index (Phi) is 13.0. The third kappa shape index (κ3) is 9.33. The molecule has 0 saturated heterocycles. The van der Waals surface area contributed by atoms with Crippen molar-refractivity contribution >= 4 is 33.1 Å². The lowest BCUT2D eigenvalue weighted by atomic mass is 9.80. The second-order valence-electron chi connectivity index (χ2n) is 15.7. The Morgan fingerprint density at radius 2 is 1.68 bits per heavy atom. The number of aliphatic hydroxyl groups is 1. The maximum Gasteiger partial charge on any atom is 0.265 e. The van der Waals surface area contributed by atoms with E-state index >= 15 is 0 Å². The number of carbonyl (C=O) groups is 1. The Balaban J connectivity index is 1.39. The largest absolute Gasteiger partial charge is 0.457 e. The molecule has 0 saturated carbocycles. The van der Waals surface area contributed by atoms with Crippen molar-refractivity contribution < 1.29 is 36.9 Å². The number of nitrogens with zero attached hydrogens (tertiary/aromatic N) is 2. The Morgan fingerprint density at radius 1 is 0.930 bits per heavy atom. The smallest absolute Gasteiger partial charge is 0.265 e. The van der Waals surface area contributed by atoms with Crippen molar-refractivity contribution in [3.63, 3.8) is 0 Å². The molecule has 2 heterocycles. The molecule has 0 aromatic heterocycles. The maximum absolute atomic E-state index is 13.2. The van der Waals surface area contributed by atoms with Crippen molar-refractivity contribution in [2.45, 2.75) is 71.1 Å². The van der Waals surface area contributed by atoms with Crippen LogP contribution in [0.25, 0.3) is 0 Å². The van der Waals surface area contributed by atoms with Crippen molar-refractivity contribution in [3.8, 4) is 5.75 Å². The van der Waals surface area contributed by atoms with E-state index in [2.05, 4.69) is 98.0 Å². The van der Waals surface area contributed by atoms with Crippen LogP contribution in [0.3, 0.4) is 0 Å². The lowest BCUT2D eigenvalue weighted by Gasteiger charge is -2.26. The fourth-order valence-electron chi connectivity index (χ4n) is 8.27. The third-order valence-electron chi connectivity index (χ3n) is 11.1. The van der Waals surface area contributed by atoms with Gasteiger partial charge in [-0.15, -0.1) is 0 Å². The van der Waals surface area contributed by atoms with E-state index in [9.17, 15) is 17.8 Å². The lowest BCUT2D eigenvalue weighted by Crippen LogP contribution is -2.29. The lowest BCUT2D eigenvalue weighted by molar-refractivity contribution is -0.437. The average molecular weight is 795 g/mol. The van der Waals surface area contributed by atoms with Gasteiger partial charge in [0.05, 0.1) is 31.0 Å². The van der Waals surface area contributed by atoms with Crippen molar-refractivity contribution in [2.24, 2.45) is 0 Å². The molecule has 0 radical (unpaired) electrons. The van der Waals surface area contributed by atoms with Crippen molar-refractivity contribution in [3.05, 3.63) is 136 Å². The molecule has 3 aromatic carbocycles. The monoisotopic (exact) mass is 794 g/mol. The number of fused-ring (bicyclic) bond motifs is 2. The predicted molar refractivity (Wildman–Crippen MR) is 226 cm³/mol. The number of likely N-dealkylation sites (N-methyl/N-ethyl adjacent to an activating group) is 1. The first-order valence-electron chi connectivity index (χ1n) is 19.9. The number of hydrogen-bond acceptors (Lipinski definition) is 7. The zero-order valence-corrected chi connectivity index (χ0v) is 34.6. The highest BCUT2D eigenvalue weighted by atomic mass is 32.2. The number of hydrogen-bond donors (Lipinski definition) is 3. The molecule has 0 atom stereocenters. The maximum atomic E-state index is 13.2. The summed E-state index contributed by atoms with van der Waals surface area (Å²) in [6, 6.07) is 24.0. The van der Waals surface area contributed by atoms with Crippen LogP contribution in [0.5, 0.6) is 5.75 Å². The first-order valence-corrected chi connectivity index (χ1v) is 21.5. The second-order valence-corrected chi connectivity index (χ2v) is 17.3. The van der Waals surface area contributed by atoms with Gasteiger partial charge in [-0.3, -0.25) is 9.35 Å². The summed E-state index contributed by atoms with van der Waals surface area (Å²) in [4.78, 5) is 15.6. The van der Waals surface area contributed by atoms with Gasteiger partial charge >= 0.3 is 0 Å². The summed E-state index contributed by atoms with van der Waals surface area (Å²) < 4.78 is 47.2. The molecule has 3 N–H and O–H groups in total. The fraction of sp³-hybridized carbons (Fsp3) is 0.391. The van der Waals surface area contributed by atoms with Crippen LogP contribution in [0.2, 0.25) is 0 Å². The van der Waals surface area contributed by atoms with Gasteiger partial charge in [-0.25, -0.2) is 0 Å². The molecule has 1 aliphatic carbocycles. The van der Waals surface area contributed by atoms with E-state index in [1.54, 1.807) is 6.07 Å². The Hall–Kier alpha value is -4.81. The van der Waals surface area contributed by atoms with Gasteiger partial charge in [-0.2, -0.15) is 13.0 Å². The van der Waals surface area contributed by atoms with Crippen molar-refractivity contribution in [1.82, 2.24) is 5.32 Å². The van der Waals surface area contributed by atoms with Crippen LogP contribution in [0.4, 0.5) is 11.4 Å². The molecule has 3 aromatic rings. The minimum Gasteiger partial charge on any atom is -0.457 e. The van der Waals surface area contributed by atoms with Gasteiger partial charge in [0.25, 0.3) is 16.0 Å². The van der Waals surface area contributed by atoms with E-state index in [1.165, 1.54) is 16.9 Å². The molecule has 0 fully saturated rings. The summed E-state index contributed by atoms with van der Waals surface area (Å²) in [5.41, 5.74) is 8.49. The van der Waals surface area contributed by atoms with Crippen LogP contribution in [0.1, 0.15) is 81.8 Å². The zero-order chi connectivity index (χ0) is 40.8. The minimum absolute atomic E-state index is 0.0808. The third-order valence-corrected chi connectivity index (χ3v) is 11.9. The van der Waals surface area contributed by atoms with Crippen LogP contribution >= 0.6 is 0 Å². The number of allylic oxidation sites excluding steroid dienone is 7. The summed E-state index contributed by atoms with van der Waals surface area (Å²) in [7, 11) is -4.15. The van der Waals surface area contributed by atoms with Crippen molar-refractivity contribution in [1.29, 1.82) is 0 Å². The van der Waals surface area contributed by atoms with E-state index in [-0.39, 0.29) is 43.3 Å². The Labute approximate surface area is 337 Å². The number of aliphatic hydroxyl groups excluding tert-OH is 1. The summed E-state index contributed by atoms with van der Waals surface area (Å²) >= 11 is 0. The van der Waals surface area contributed by atoms with Gasteiger partial charge in [0, 0.05) is 59.6 Å². The van der Waals surface area contributed by atoms with Gasteiger partial charge in [0.2, 0.25) is 5.69 Å². The van der Waals surface area contributed by atoms with E-state index in [4.69, 9.17) is 14.6 Å². The van der Waals surface area contributed by atoms with Gasteiger partial charge in [-0.05, 0) is 99.2 Å². The molecule has 6 rings (SSSR count). The summed E-state index contributed by atoms with van der Waals surface area (Å²) in [6.07, 6.45) is 11.5. The van der Waals surface area contributed by atoms with Gasteiger partial charge in [0.15, 0.2) is 5.71 Å². The number of ether oxygens (including phenoxy) is 2. The Morgan fingerprint density at radius 3 is 2.42 bits per heavy atom. The summed E-state index contributed by atoms with van der Waals surface area (Å²) in [5.74, 6) is 0.975. The van der Waals surface area contributed by atoms with E-state index < -0.39 is 15.5 Å². The average Bonchev–Trinajstić information content (AvgIpc) is 3.54. The molecule has 0 spiro atoms. The standard InChI is InChI=1S/C46H55N3O7S/c1-6-48-39-19-11-10-18-37(39)45(2,3)41(48)24-21-33-14-12-15-34(43(33)56-36-16-8-7-9-17-36)22-25-42-46(4,5)38-32-35(44(51)47-26-29-55-30-28-50)20-23-40(38)49(42)27-13-31-57(52,53)54/h7-11,16-25,32,50H,6,12-15,26-31H2,1-5H3,(H-,47,51,52,53,54)/p+1. The first kappa shape index (κ1) is 41.8. The second kappa shape index (κ2) is 17.8. The summed E-state index contributed by atoms with van der Waals surface area (Å²) in [6.45, 7) is 12.9. The predicted octanol–water partition coefficient (Wildman–Crippen LogP) is 7.78. The number of anilines is 1. The Bertz CT molecular complexity index is 2230. The molecular weight excluding hydrogens is 739 g/mol. The number of amides is 1. The molecule has 1 amide bonds. The number of carbonyl (C=O) groups excluding carboxylic acids is 1. The van der Waals surface area contributed by atoms with Gasteiger partial charge in [0.1, 0.15) is 18.1 Å². The van der Waals surface area contributed by atoms with Crippen LogP contribution in [0, 0.1) is 0 Å². The topological polar surface area (TPSA) is 128 Å². The number of benzene rings is 3. The highest BCUT2D eigenvalue weighted by molar-refractivity contribution is 7.85. The normalized spacial score (nSPS) is 18.8. The number of rotatable bonds is 16. The van der Waals surface area contributed by atoms with Crippen LogP contribution in [-0.4, -0.2) is 79.5 Å². The molecule has 11 heteroatoms. The summed E-state index contributed by atoms with van der Waals surface area (Å²) in [5, 5.41) is 11.8. The molecule has 2 aliphatic heterocycles. The molecule has 57 heavy (non-hydrogen) atoms. The molecular formula is C46H56N3O7S+. The van der Waals surface area contributed by atoms with Crippen molar-refractivity contribution in [2.75, 3.05) is 50.1 Å². The molecule has 10 nitrogen and oxygen atoms in total. The molecule has 302 valence electrons. The number of nitrogens with one attached hydrogen (secondary N) is 1. The van der Waals surface area contributed by atoms with Gasteiger partial charge in [-0.1, -0.05) is 56.3 Å². The van der Waals surface area contributed by atoms with Gasteiger partial charge < -0.3 is 24.8 Å². The molecule has 0 bridgehead atoms. The van der Waals surface area contributed by atoms with E-state index in [1.807, 2.05) is 42.5 Å². The first-order chi connectivity index (χ1) is 27.3. The molecule has 3 aliphatic rings. The number of para-hydroxylation sites is 2. The SMILES string of the molecule is CCN1/C(=C/C=C2\CCCC(/C=C/C3=[N+](CCCS(=O)(=O)O)c4ccc(C(=O)NCCOCCO)cc4C3(C)C)=C2Oc2ccccc2)C(C)(C)c2ccccc21. The van der Waals surface area contributed by atoms with E-state index in [0.29, 0.717) is 18.7 Å².